The summed E-state index contributed by atoms with van der Waals surface area (Å²) >= 11 is 0. The molecule has 0 unspecified atom stereocenters. The van der Waals surface area contributed by atoms with E-state index in [-0.39, 0.29) is 11.7 Å². The maximum atomic E-state index is 13.4. The predicted molar refractivity (Wildman–Crippen MR) is 121 cm³/mol. The molecule has 0 radical (unpaired) electrons. The van der Waals surface area contributed by atoms with Crippen LogP contribution in [0.4, 0.5) is 10.2 Å². The summed E-state index contributed by atoms with van der Waals surface area (Å²) in [7, 11) is 0. The molecule has 2 aromatic carbocycles. The highest BCUT2D eigenvalue weighted by Gasteiger charge is 2.24. The molecule has 4 rings (SSSR count). The lowest BCUT2D eigenvalue weighted by atomic mass is 10.0. The van der Waals surface area contributed by atoms with Gasteiger partial charge in [-0.3, -0.25) is 4.79 Å². The minimum atomic E-state index is -0.240. The quantitative estimate of drug-likeness (QED) is 0.626. The number of anilines is 1. The van der Waals surface area contributed by atoms with Crippen LogP contribution in [-0.2, 0) is 17.6 Å². The Morgan fingerprint density at radius 3 is 2.26 bits per heavy atom. The first-order chi connectivity index (χ1) is 15.0. The summed E-state index contributed by atoms with van der Waals surface area (Å²) in [6.45, 7) is 6.52. The molecule has 3 aromatic rings. The number of aryl methyl sites for hydroxylation is 1. The number of hydrogen-bond acceptors (Lipinski definition) is 4. The van der Waals surface area contributed by atoms with Crippen LogP contribution in [0.3, 0.4) is 0 Å². The summed E-state index contributed by atoms with van der Waals surface area (Å²) in [5.74, 6) is 1.49. The van der Waals surface area contributed by atoms with Crippen LogP contribution in [0, 0.1) is 5.82 Å². The molecule has 31 heavy (non-hydrogen) atoms. The van der Waals surface area contributed by atoms with Gasteiger partial charge in [0.05, 0.1) is 0 Å². The van der Waals surface area contributed by atoms with Gasteiger partial charge in [-0.2, -0.15) is 0 Å². The molecular formula is C25H27FN4O. The Morgan fingerprint density at radius 1 is 0.968 bits per heavy atom. The second kappa shape index (κ2) is 9.25. The van der Waals surface area contributed by atoms with E-state index in [9.17, 15) is 9.18 Å². The summed E-state index contributed by atoms with van der Waals surface area (Å²) in [4.78, 5) is 25.8. The Morgan fingerprint density at radius 2 is 1.65 bits per heavy atom. The molecular weight excluding hydrogens is 391 g/mol. The van der Waals surface area contributed by atoms with E-state index in [4.69, 9.17) is 9.97 Å². The van der Waals surface area contributed by atoms with Crippen LogP contribution in [-0.4, -0.2) is 47.0 Å². The molecule has 5 nitrogen and oxygen atoms in total. The Hall–Kier alpha value is -3.28. The van der Waals surface area contributed by atoms with Crippen molar-refractivity contribution in [3.63, 3.8) is 0 Å². The summed E-state index contributed by atoms with van der Waals surface area (Å²) in [5, 5.41) is 0. The molecule has 0 spiro atoms. The van der Waals surface area contributed by atoms with Crippen molar-refractivity contribution in [2.45, 2.75) is 26.7 Å². The van der Waals surface area contributed by atoms with E-state index < -0.39 is 0 Å². The van der Waals surface area contributed by atoms with Crippen molar-refractivity contribution < 1.29 is 9.18 Å². The van der Waals surface area contributed by atoms with Crippen molar-refractivity contribution in [3.05, 3.63) is 77.2 Å². The van der Waals surface area contributed by atoms with Crippen LogP contribution in [0.2, 0.25) is 0 Å². The first kappa shape index (κ1) is 21.0. The van der Waals surface area contributed by atoms with Crippen LogP contribution in [0.1, 0.15) is 30.7 Å². The van der Waals surface area contributed by atoms with Crippen LogP contribution in [0.15, 0.2) is 54.6 Å². The van der Waals surface area contributed by atoms with Crippen molar-refractivity contribution in [2.24, 2.45) is 0 Å². The van der Waals surface area contributed by atoms with E-state index in [1.165, 1.54) is 12.1 Å². The molecule has 1 aliphatic rings. The molecule has 2 heterocycles. The summed E-state index contributed by atoms with van der Waals surface area (Å²) < 4.78 is 13.4. The molecule has 1 amide bonds. The Bertz CT molecular complexity index is 1050. The van der Waals surface area contributed by atoms with E-state index in [2.05, 4.69) is 11.8 Å². The second-order valence-electron chi connectivity index (χ2n) is 7.81. The first-order valence-corrected chi connectivity index (χ1v) is 10.7. The van der Waals surface area contributed by atoms with Gasteiger partial charge in [0.1, 0.15) is 11.6 Å². The van der Waals surface area contributed by atoms with Crippen LogP contribution < -0.4 is 4.90 Å². The fourth-order valence-corrected chi connectivity index (χ4v) is 4.01. The van der Waals surface area contributed by atoms with Crippen molar-refractivity contribution >= 4 is 11.7 Å². The predicted octanol–water partition coefficient (Wildman–Crippen LogP) is 4.10. The van der Waals surface area contributed by atoms with Gasteiger partial charge in [-0.15, -0.1) is 0 Å². The SMILES string of the molecule is CCc1nc(-c2ccccc2)nc(N2CCN(C(C)=O)CC2)c1Cc1ccc(F)cc1. The van der Waals surface area contributed by atoms with E-state index in [0.717, 1.165) is 47.7 Å². The minimum absolute atomic E-state index is 0.105. The smallest absolute Gasteiger partial charge is 0.219 e. The minimum Gasteiger partial charge on any atom is -0.353 e. The molecule has 160 valence electrons. The van der Waals surface area contributed by atoms with Gasteiger partial charge in [0.25, 0.3) is 0 Å². The van der Waals surface area contributed by atoms with Gasteiger partial charge in [0.2, 0.25) is 5.91 Å². The van der Waals surface area contributed by atoms with Crippen LogP contribution in [0.25, 0.3) is 11.4 Å². The fraction of sp³-hybridized carbons (Fsp3) is 0.320. The third-order valence-electron chi connectivity index (χ3n) is 5.76. The highest BCUT2D eigenvalue weighted by atomic mass is 19.1. The lowest BCUT2D eigenvalue weighted by Gasteiger charge is -2.36. The fourth-order valence-electron chi connectivity index (χ4n) is 4.01. The number of rotatable bonds is 5. The van der Waals surface area contributed by atoms with Gasteiger partial charge in [-0.1, -0.05) is 49.4 Å². The van der Waals surface area contributed by atoms with Gasteiger partial charge in [-0.25, -0.2) is 14.4 Å². The number of nitrogens with zero attached hydrogens (tertiary/aromatic N) is 4. The zero-order chi connectivity index (χ0) is 21.8. The number of piperazine rings is 1. The number of halogens is 1. The molecule has 1 aliphatic heterocycles. The summed E-state index contributed by atoms with van der Waals surface area (Å²) in [6.07, 6.45) is 1.42. The van der Waals surface area contributed by atoms with Crippen molar-refractivity contribution in [2.75, 3.05) is 31.1 Å². The van der Waals surface area contributed by atoms with E-state index in [1.807, 2.05) is 47.4 Å². The zero-order valence-corrected chi connectivity index (χ0v) is 18.0. The Kier molecular flexibility index (Phi) is 6.26. The topological polar surface area (TPSA) is 49.3 Å². The van der Waals surface area contributed by atoms with E-state index >= 15 is 0 Å². The number of aromatic nitrogens is 2. The number of carbonyl (C=O) groups is 1. The molecule has 0 bridgehead atoms. The number of benzene rings is 2. The zero-order valence-electron chi connectivity index (χ0n) is 18.0. The van der Waals surface area contributed by atoms with Gasteiger partial charge in [-0.05, 0) is 24.1 Å². The van der Waals surface area contributed by atoms with Gasteiger partial charge >= 0.3 is 0 Å². The van der Waals surface area contributed by atoms with Crippen molar-refractivity contribution in [3.8, 4) is 11.4 Å². The number of carbonyl (C=O) groups excluding carboxylic acids is 1. The van der Waals surface area contributed by atoms with Gasteiger partial charge < -0.3 is 9.80 Å². The summed E-state index contributed by atoms with van der Waals surface area (Å²) in [5.41, 5.74) is 4.08. The van der Waals surface area contributed by atoms with Crippen LogP contribution >= 0.6 is 0 Å². The standard InChI is InChI=1S/C25H27FN4O/c1-3-23-22(17-19-9-11-21(26)12-10-19)25(30-15-13-29(14-16-30)18(2)31)28-24(27-23)20-7-5-4-6-8-20/h4-12H,3,13-17H2,1-2H3. The van der Waals surface area contributed by atoms with Gasteiger partial charge in [0, 0.05) is 56.3 Å². The second-order valence-corrected chi connectivity index (χ2v) is 7.81. The molecule has 0 N–H and O–H groups in total. The average Bonchev–Trinajstić information content (AvgIpc) is 2.81. The van der Waals surface area contributed by atoms with Gasteiger partial charge in [0.15, 0.2) is 5.82 Å². The third-order valence-corrected chi connectivity index (χ3v) is 5.76. The molecule has 6 heteroatoms. The highest BCUT2D eigenvalue weighted by Crippen LogP contribution is 2.29. The van der Waals surface area contributed by atoms with E-state index in [1.54, 1.807) is 6.92 Å². The number of hydrogen-bond donors (Lipinski definition) is 0. The third kappa shape index (κ3) is 4.74. The van der Waals surface area contributed by atoms with Crippen molar-refractivity contribution in [1.29, 1.82) is 0 Å². The molecule has 1 aromatic heterocycles. The largest absolute Gasteiger partial charge is 0.353 e. The molecule has 0 aliphatic carbocycles. The molecule has 0 atom stereocenters. The van der Waals surface area contributed by atoms with E-state index in [0.29, 0.717) is 25.3 Å². The lowest BCUT2D eigenvalue weighted by molar-refractivity contribution is -0.129. The monoisotopic (exact) mass is 418 g/mol. The molecule has 1 fully saturated rings. The Labute approximate surface area is 182 Å². The molecule has 0 saturated carbocycles. The highest BCUT2D eigenvalue weighted by molar-refractivity contribution is 5.73. The number of amides is 1. The summed E-state index contributed by atoms with van der Waals surface area (Å²) in [6, 6.07) is 16.6. The normalized spacial score (nSPS) is 14.0. The maximum absolute atomic E-state index is 13.4. The first-order valence-electron chi connectivity index (χ1n) is 10.7. The lowest BCUT2D eigenvalue weighted by Crippen LogP contribution is -2.48. The van der Waals surface area contributed by atoms with Crippen molar-refractivity contribution in [1.82, 2.24) is 14.9 Å². The maximum Gasteiger partial charge on any atom is 0.219 e. The molecule has 1 saturated heterocycles. The van der Waals surface area contributed by atoms with Crippen LogP contribution in [0.5, 0.6) is 0 Å². The Balaban J connectivity index is 1.76. The average molecular weight is 419 g/mol.